The van der Waals surface area contributed by atoms with Gasteiger partial charge >= 0.3 is 0 Å². The minimum Gasteiger partial charge on any atom is -0.495 e. The number of ketones is 1. The van der Waals surface area contributed by atoms with Crippen LogP contribution in [0.2, 0.25) is 5.02 Å². The van der Waals surface area contributed by atoms with Gasteiger partial charge in [-0.2, -0.15) is 5.26 Å². The summed E-state index contributed by atoms with van der Waals surface area (Å²) in [7, 11) is 2.74. The van der Waals surface area contributed by atoms with Crippen LogP contribution in [0.3, 0.4) is 0 Å². The molecule has 0 amide bonds. The number of aromatic nitrogens is 1. The van der Waals surface area contributed by atoms with Crippen molar-refractivity contribution in [3.63, 3.8) is 0 Å². The minimum atomic E-state index is -0.660. The second kappa shape index (κ2) is 6.15. The minimum absolute atomic E-state index is 0.107. The Hall–Kier alpha value is -2.78. The highest BCUT2D eigenvalue weighted by Crippen LogP contribution is 2.29. The van der Waals surface area contributed by atoms with Crippen LogP contribution in [0.1, 0.15) is 27.0 Å². The number of nitriles is 1. The fraction of sp³-hybridized carbons (Fsp3) is 0.188. The van der Waals surface area contributed by atoms with Gasteiger partial charge in [-0.05, 0) is 30.7 Å². The molecular weight excluding hydrogens is 320 g/mol. The van der Waals surface area contributed by atoms with Crippen molar-refractivity contribution in [3.05, 3.63) is 55.8 Å². The number of carbonyl (C=O) groups excluding carboxylic acids is 1. The first-order chi connectivity index (χ1) is 10.8. The van der Waals surface area contributed by atoms with Gasteiger partial charge in [-0.15, -0.1) is 0 Å². The highest BCUT2D eigenvalue weighted by atomic mass is 35.5. The van der Waals surface area contributed by atoms with E-state index in [0.29, 0.717) is 5.75 Å². The highest BCUT2D eigenvalue weighted by Gasteiger charge is 2.24. The van der Waals surface area contributed by atoms with Gasteiger partial charge in [0.1, 0.15) is 17.4 Å². The van der Waals surface area contributed by atoms with Crippen molar-refractivity contribution in [2.75, 3.05) is 7.11 Å². The first-order valence-electron chi connectivity index (χ1n) is 6.54. The Labute approximate surface area is 137 Å². The zero-order valence-electron chi connectivity index (χ0n) is 12.7. The molecule has 0 aliphatic heterocycles. The first-order valence-corrected chi connectivity index (χ1v) is 6.92. The van der Waals surface area contributed by atoms with Crippen LogP contribution in [-0.4, -0.2) is 22.6 Å². The number of halogens is 1. The van der Waals surface area contributed by atoms with E-state index in [1.165, 1.54) is 39.3 Å². The summed E-state index contributed by atoms with van der Waals surface area (Å²) >= 11 is 6.01. The van der Waals surface area contributed by atoms with E-state index < -0.39 is 17.2 Å². The molecule has 7 heteroatoms. The Balaban J connectivity index is 2.70. The van der Waals surface area contributed by atoms with E-state index in [2.05, 4.69) is 0 Å². The molecule has 1 aromatic carbocycles. The lowest BCUT2D eigenvalue weighted by Crippen LogP contribution is -2.24. The summed E-state index contributed by atoms with van der Waals surface area (Å²) in [5.74, 6) is -0.637. The standard InChI is InChI=1S/C16H13ClN2O4/c1-8-10(7-18)15(21)19(2)16(22)13(8)14(20)9-4-5-12(23-3)11(17)6-9/h4-6,22H,1-3H3. The average molecular weight is 333 g/mol. The smallest absolute Gasteiger partial charge is 0.271 e. The average Bonchev–Trinajstić information content (AvgIpc) is 2.53. The zero-order valence-corrected chi connectivity index (χ0v) is 13.4. The predicted octanol–water partition coefficient (Wildman–Crippen LogP) is 2.16. The molecule has 0 radical (unpaired) electrons. The molecule has 2 rings (SSSR count). The highest BCUT2D eigenvalue weighted by molar-refractivity contribution is 6.32. The molecule has 118 valence electrons. The van der Waals surface area contributed by atoms with E-state index in [4.69, 9.17) is 21.6 Å². The molecule has 1 aromatic heterocycles. The Kier molecular flexibility index (Phi) is 4.43. The molecule has 0 unspecified atom stereocenters. The summed E-state index contributed by atoms with van der Waals surface area (Å²) in [6.07, 6.45) is 0. The lowest BCUT2D eigenvalue weighted by atomic mass is 9.97. The third-order valence-electron chi connectivity index (χ3n) is 3.56. The van der Waals surface area contributed by atoms with Crippen LogP contribution < -0.4 is 10.3 Å². The normalized spacial score (nSPS) is 10.2. The molecule has 23 heavy (non-hydrogen) atoms. The van der Waals surface area contributed by atoms with Gasteiger partial charge in [0, 0.05) is 12.6 Å². The topological polar surface area (TPSA) is 92.3 Å². The van der Waals surface area contributed by atoms with Crippen molar-refractivity contribution < 1.29 is 14.6 Å². The van der Waals surface area contributed by atoms with Gasteiger partial charge in [0.25, 0.3) is 5.56 Å². The summed E-state index contributed by atoms with van der Waals surface area (Å²) < 4.78 is 5.89. The van der Waals surface area contributed by atoms with Gasteiger partial charge in [-0.1, -0.05) is 11.6 Å². The maximum absolute atomic E-state index is 12.7. The molecule has 0 saturated carbocycles. The summed E-state index contributed by atoms with van der Waals surface area (Å²) in [6, 6.07) is 6.18. The summed E-state index contributed by atoms with van der Waals surface area (Å²) in [5, 5.41) is 19.5. The van der Waals surface area contributed by atoms with Gasteiger partial charge in [-0.3, -0.25) is 14.2 Å². The number of methoxy groups -OCH3 is 1. The number of benzene rings is 1. The second-order valence-electron chi connectivity index (χ2n) is 4.85. The third-order valence-corrected chi connectivity index (χ3v) is 3.86. The summed E-state index contributed by atoms with van der Waals surface area (Å²) in [4.78, 5) is 24.6. The molecule has 0 saturated heterocycles. The monoisotopic (exact) mass is 332 g/mol. The largest absolute Gasteiger partial charge is 0.495 e. The van der Waals surface area contributed by atoms with Gasteiger partial charge < -0.3 is 9.84 Å². The molecule has 0 spiro atoms. The number of hydrogen-bond donors (Lipinski definition) is 1. The van der Waals surface area contributed by atoms with Crippen LogP contribution in [0.5, 0.6) is 11.6 Å². The van der Waals surface area contributed by atoms with Gasteiger partial charge in [-0.25, -0.2) is 0 Å². The van der Waals surface area contributed by atoms with Gasteiger partial charge in [0.2, 0.25) is 5.88 Å². The van der Waals surface area contributed by atoms with E-state index in [9.17, 15) is 14.7 Å². The van der Waals surface area contributed by atoms with Crippen molar-refractivity contribution in [2.24, 2.45) is 7.05 Å². The maximum Gasteiger partial charge on any atom is 0.271 e. The molecule has 0 fully saturated rings. The van der Waals surface area contributed by atoms with Crippen molar-refractivity contribution in [3.8, 4) is 17.7 Å². The molecule has 0 bridgehead atoms. The predicted molar refractivity (Wildman–Crippen MR) is 84.2 cm³/mol. The van der Waals surface area contributed by atoms with Crippen molar-refractivity contribution in [1.29, 1.82) is 5.26 Å². The fourth-order valence-electron chi connectivity index (χ4n) is 2.24. The molecule has 0 aliphatic rings. The van der Waals surface area contributed by atoms with E-state index in [1.54, 1.807) is 6.07 Å². The van der Waals surface area contributed by atoms with E-state index in [0.717, 1.165) is 4.57 Å². The summed E-state index contributed by atoms with van der Waals surface area (Å²) in [6.45, 7) is 1.44. The van der Waals surface area contributed by atoms with Gasteiger partial charge in [0.15, 0.2) is 5.78 Å². The summed E-state index contributed by atoms with van der Waals surface area (Å²) in [5.41, 5.74) is -0.619. The number of ether oxygens (including phenoxy) is 1. The van der Waals surface area contributed by atoms with E-state index >= 15 is 0 Å². The van der Waals surface area contributed by atoms with Crippen LogP contribution >= 0.6 is 11.6 Å². The van der Waals surface area contributed by atoms with Crippen molar-refractivity contribution in [2.45, 2.75) is 6.92 Å². The van der Waals surface area contributed by atoms with Crippen LogP contribution in [0.25, 0.3) is 0 Å². The van der Waals surface area contributed by atoms with Crippen molar-refractivity contribution in [1.82, 2.24) is 4.57 Å². The van der Waals surface area contributed by atoms with Crippen LogP contribution in [0.15, 0.2) is 23.0 Å². The number of rotatable bonds is 3. The molecule has 1 N–H and O–H groups in total. The molecule has 0 aliphatic carbocycles. The Morgan fingerprint density at radius 1 is 1.43 bits per heavy atom. The van der Waals surface area contributed by atoms with Gasteiger partial charge in [0.05, 0.1) is 17.7 Å². The number of hydrogen-bond acceptors (Lipinski definition) is 5. The fourth-order valence-corrected chi connectivity index (χ4v) is 2.50. The quantitative estimate of drug-likeness (QED) is 0.869. The second-order valence-corrected chi connectivity index (χ2v) is 5.26. The maximum atomic E-state index is 12.7. The van der Waals surface area contributed by atoms with E-state index in [1.807, 2.05) is 0 Å². The third kappa shape index (κ3) is 2.67. The lowest BCUT2D eigenvalue weighted by Gasteiger charge is -2.13. The SMILES string of the molecule is COc1ccc(C(=O)c2c(C)c(C#N)c(=O)n(C)c2O)cc1Cl. The van der Waals surface area contributed by atoms with Crippen molar-refractivity contribution >= 4 is 17.4 Å². The molecule has 6 nitrogen and oxygen atoms in total. The molecule has 0 atom stereocenters. The number of pyridine rings is 1. The zero-order chi connectivity index (χ0) is 17.3. The number of carbonyl (C=O) groups is 1. The first kappa shape index (κ1) is 16.6. The molecule has 1 heterocycles. The van der Waals surface area contributed by atoms with Crippen LogP contribution in [0, 0.1) is 18.3 Å². The van der Waals surface area contributed by atoms with Crippen LogP contribution in [-0.2, 0) is 7.05 Å². The number of nitrogens with zero attached hydrogens (tertiary/aromatic N) is 2. The van der Waals surface area contributed by atoms with E-state index in [-0.39, 0.29) is 27.3 Å². The Morgan fingerprint density at radius 3 is 2.61 bits per heavy atom. The Morgan fingerprint density at radius 2 is 2.09 bits per heavy atom. The Bertz CT molecular complexity index is 910. The number of aromatic hydroxyl groups is 1. The molecule has 2 aromatic rings. The van der Waals surface area contributed by atoms with Crippen LogP contribution in [0.4, 0.5) is 0 Å². The lowest BCUT2D eigenvalue weighted by molar-refractivity contribution is 0.103. The molecular formula is C16H13ClN2O4.